The molecular weight excluding hydrogens is 216 g/mol. The molecule has 94 valence electrons. The van der Waals surface area contributed by atoms with Gasteiger partial charge in [-0.25, -0.2) is 0 Å². The third-order valence-corrected chi connectivity index (χ3v) is 2.52. The molecule has 3 heteroatoms. The maximum absolute atomic E-state index is 11.4. The number of benzene rings is 1. The van der Waals surface area contributed by atoms with E-state index < -0.39 is 0 Å². The Morgan fingerprint density at radius 1 is 1.35 bits per heavy atom. The summed E-state index contributed by atoms with van der Waals surface area (Å²) in [4.78, 5) is 11.4. The lowest BCUT2D eigenvalue weighted by molar-refractivity contribution is 0.101. The highest BCUT2D eigenvalue weighted by Gasteiger charge is 2.10. The van der Waals surface area contributed by atoms with Crippen LogP contribution in [0.4, 0.5) is 0 Å². The lowest BCUT2D eigenvalue weighted by Gasteiger charge is -2.12. The van der Waals surface area contributed by atoms with E-state index in [-0.39, 0.29) is 5.78 Å². The minimum atomic E-state index is 0.00667. The molecule has 0 amide bonds. The Balaban J connectivity index is 2.82. The van der Waals surface area contributed by atoms with Gasteiger partial charge in [-0.2, -0.15) is 0 Å². The Morgan fingerprint density at radius 2 is 2.06 bits per heavy atom. The second kappa shape index (κ2) is 6.28. The van der Waals surface area contributed by atoms with Gasteiger partial charge >= 0.3 is 0 Å². The summed E-state index contributed by atoms with van der Waals surface area (Å²) in [5.41, 5.74) is 0.606. The highest BCUT2D eigenvalue weighted by atomic mass is 16.5. The number of ketones is 1. The Labute approximate surface area is 103 Å². The monoisotopic (exact) mass is 236 g/mol. The van der Waals surface area contributed by atoms with Gasteiger partial charge in [-0.1, -0.05) is 13.8 Å². The van der Waals surface area contributed by atoms with Crippen molar-refractivity contribution in [3.8, 4) is 11.5 Å². The molecule has 3 nitrogen and oxygen atoms in total. The molecule has 0 heterocycles. The summed E-state index contributed by atoms with van der Waals surface area (Å²) in [6.45, 7) is 6.43. The van der Waals surface area contributed by atoms with Crippen LogP contribution in [0.25, 0.3) is 0 Å². The molecular formula is C14H20O3. The Hall–Kier alpha value is -1.51. The summed E-state index contributed by atoms with van der Waals surface area (Å²) in [5.74, 6) is 1.90. The highest BCUT2D eigenvalue weighted by Crippen LogP contribution is 2.25. The lowest BCUT2D eigenvalue weighted by atomic mass is 10.1. The molecule has 0 bridgehead atoms. The van der Waals surface area contributed by atoms with Crippen LogP contribution in [0.5, 0.6) is 11.5 Å². The molecule has 0 saturated heterocycles. The van der Waals surface area contributed by atoms with Crippen molar-refractivity contribution in [1.82, 2.24) is 0 Å². The van der Waals surface area contributed by atoms with Gasteiger partial charge in [0.25, 0.3) is 0 Å². The van der Waals surface area contributed by atoms with Crippen molar-refractivity contribution < 1.29 is 14.3 Å². The third-order valence-electron chi connectivity index (χ3n) is 2.52. The van der Waals surface area contributed by atoms with Crippen molar-refractivity contribution >= 4 is 5.78 Å². The molecule has 0 aliphatic heterocycles. The second-order valence-corrected chi connectivity index (χ2v) is 4.45. The predicted octanol–water partition coefficient (Wildman–Crippen LogP) is 3.32. The molecule has 0 aromatic heterocycles. The zero-order chi connectivity index (χ0) is 12.8. The smallest absolute Gasteiger partial charge is 0.163 e. The van der Waals surface area contributed by atoms with Gasteiger partial charge in [-0.3, -0.25) is 4.79 Å². The van der Waals surface area contributed by atoms with E-state index in [9.17, 15) is 4.79 Å². The SMILES string of the molecule is COc1ccc(C(C)=O)c(OCCC(C)C)c1. The van der Waals surface area contributed by atoms with Crippen LogP contribution in [0.1, 0.15) is 37.6 Å². The van der Waals surface area contributed by atoms with Crippen molar-refractivity contribution in [2.24, 2.45) is 5.92 Å². The fraction of sp³-hybridized carbons (Fsp3) is 0.500. The van der Waals surface area contributed by atoms with E-state index in [0.29, 0.717) is 29.6 Å². The van der Waals surface area contributed by atoms with Crippen LogP contribution in [-0.2, 0) is 0 Å². The predicted molar refractivity (Wildman–Crippen MR) is 67.9 cm³/mol. The first kappa shape index (κ1) is 13.6. The summed E-state index contributed by atoms with van der Waals surface area (Å²) >= 11 is 0. The minimum absolute atomic E-state index is 0.00667. The number of Topliss-reactive ketones (excluding diaryl/α,β-unsaturated/α-hetero) is 1. The summed E-state index contributed by atoms with van der Waals surface area (Å²) in [6, 6.07) is 5.27. The molecule has 0 aliphatic rings. The molecule has 1 aromatic rings. The number of carbonyl (C=O) groups excluding carboxylic acids is 1. The molecule has 1 rings (SSSR count). The van der Waals surface area contributed by atoms with Crippen molar-refractivity contribution in [3.05, 3.63) is 23.8 Å². The number of hydrogen-bond acceptors (Lipinski definition) is 3. The molecule has 17 heavy (non-hydrogen) atoms. The summed E-state index contributed by atoms with van der Waals surface area (Å²) in [7, 11) is 1.60. The van der Waals surface area contributed by atoms with Crippen molar-refractivity contribution in [2.75, 3.05) is 13.7 Å². The van der Waals surface area contributed by atoms with Gasteiger partial charge < -0.3 is 9.47 Å². The van der Waals surface area contributed by atoms with Crippen LogP contribution in [-0.4, -0.2) is 19.5 Å². The molecule has 0 unspecified atom stereocenters. The van der Waals surface area contributed by atoms with Gasteiger partial charge in [0.05, 0.1) is 19.3 Å². The van der Waals surface area contributed by atoms with Gasteiger partial charge in [0.1, 0.15) is 11.5 Å². The van der Waals surface area contributed by atoms with Gasteiger partial charge in [-0.15, -0.1) is 0 Å². The maximum Gasteiger partial charge on any atom is 0.163 e. The first-order valence-electron chi connectivity index (χ1n) is 5.86. The molecule has 0 radical (unpaired) electrons. The van der Waals surface area contributed by atoms with Crippen LogP contribution in [0.15, 0.2) is 18.2 Å². The standard InChI is InChI=1S/C14H20O3/c1-10(2)7-8-17-14-9-12(16-4)5-6-13(14)11(3)15/h5-6,9-10H,7-8H2,1-4H3. The van der Waals surface area contributed by atoms with Gasteiger partial charge in [0, 0.05) is 6.07 Å². The van der Waals surface area contributed by atoms with Gasteiger partial charge in [0.15, 0.2) is 5.78 Å². The van der Waals surface area contributed by atoms with E-state index in [1.807, 2.05) is 0 Å². The average Bonchev–Trinajstić information content (AvgIpc) is 2.28. The van der Waals surface area contributed by atoms with Gasteiger partial charge in [0.2, 0.25) is 0 Å². The fourth-order valence-electron chi connectivity index (χ4n) is 1.44. The van der Waals surface area contributed by atoms with Gasteiger partial charge in [-0.05, 0) is 31.4 Å². The fourth-order valence-corrected chi connectivity index (χ4v) is 1.44. The highest BCUT2D eigenvalue weighted by molar-refractivity contribution is 5.97. The van der Waals surface area contributed by atoms with Crippen LogP contribution >= 0.6 is 0 Å². The van der Waals surface area contributed by atoms with E-state index >= 15 is 0 Å². The normalized spacial score (nSPS) is 10.4. The summed E-state index contributed by atoms with van der Waals surface area (Å²) in [5, 5.41) is 0. The number of carbonyl (C=O) groups is 1. The number of ether oxygens (including phenoxy) is 2. The molecule has 1 aromatic carbocycles. The zero-order valence-electron chi connectivity index (χ0n) is 10.9. The van der Waals surface area contributed by atoms with Crippen LogP contribution in [0.2, 0.25) is 0 Å². The molecule has 0 atom stereocenters. The first-order valence-corrected chi connectivity index (χ1v) is 5.86. The van der Waals surface area contributed by atoms with E-state index in [0.717, 1.165) is 6.42 Å². The van der Waals surface area contributed by atoms with Crippen LogP contribution < -0.4 is 9.47 Å². The van der Waals surface area contributed by atoms with E-state index in [4.69, 9.17) is 9.47 Å². The minimum Gasteiger partial charge on any atom is -0.497 e. The average molecular weight is 236 g/mol. The van der Waals surface area contributed by atoms with E-state index in [2.05, 4.69) is 13.8 Å². The first-order chi connectivity index (χ1) is 8.04. The summed E-state index contributed by atoms with van der Waals surface area (Å²) in [6.07, 6.45) is 0.967. The molecule has 0 fully saturated rings. The Kier molecular flexibility index (Phi) is 5.01. The summed E-state index contributed by atoms with van der Waals surface area (Å²) < 4.78 is 10.8. The van der Waals surface area contributed by atoms with Crippen molar-refractivity contribution in [2.45, 2.75) is 27.2 Å². The largest absolute Gasteiger partial charge is 0.497 e. The molecule has 0 spiro atoms. The van der Waals surface area contributed by atoms with Crippen LogP contribution in [0, 0.1) is 5.92 Å². The molecule has 0 N–H and O–H groups in total. The molecule has 0 aliphatic carbocycles. The topological polar surface area (TPSA) is 35.5 Å². The maximum atomic E-state index is 11.4. The van der Waals surface area contributed by atoms with Crippen LogP contribution in [0.3, 0.4) is 0 Å². The Morgan fingerprint density at radius 3 is 2.59 bits per heavy atom. The number of rotatable bonds is 6. The third kappa shape index (κ3) is 4.10. The van der Waals surface area contributed by atoms with Crippen molar-refractivity contribution in [1.29, 1.82) is 0 Å². The second-order valence-electron chi connectivity index (χ2n) is 4.45. The molecule has 0 saturated carbocycles. The Bertz CT molecular complexity index is 383. The van der Waals surface area contributed by atoms with E-state index in [1.54, 1.807) is 25.3 Å². The lowest BCUT2D eigenvalue weighted by Crippen LogP contribution is -2.05. The number of methoxy groups -OCH3 is 1. The zero-order valence-corrected chi connectivity index (χ0v) is 10.9. The van der Waals surface area contributed by atoms with Crippen molar-refractivity contribution in [3.63, 3.8) is 0 Å². The van der Waals surface area contributed by atoms with E-state index in [1.165, 1.54) is 6.92 Å². The number of hydrogen-bond donors (Lipinski definition) is 0. The quantitative estimate of drug-likeness (QED) is 0.711.